The molecule has 5 nitrogen and oxygen atoms in total. The molecule has 1 unspecified atom stereocenters. The zero-order chi connectivity index (χ0) is 17.6. The van der Waals surface area contributed by atoms with E-state index < -0.39 is 6.04 Å². The topological polar surface area (TPSA) is 66.5 Å². The molecular weight excluding hydrogens is 292 g/mol. The Morgan fingerprint density at radius 2 is 1.87 bits per heavy atom. The molecule has 2 aliphatic heterocycles. The van der Waals surface area contributed by atoms with Crippen molar-refractivity contribution in [3.8, 4) is 0 Å². The minimum Gasteiger partial charge on any atom is -0.322 e. The van der Waals surface area contributed by atoms with E-state index in [-0.39, 0.29) is 24.1 Å². The monoisotopic (exact) mass is 318 g/mol. The summed E-state index contributed by atoms with van der Waals surface area (Å²) in [5.41, 5.74) is 1.46. The first-order valence-electron chi connectivity index (χ1n) is 7.94. The SMILES string of the molecule is C=C/C=C1/CN(C2CCC(=O)NC2=O)C(=O)/C1=C/C.CC(C)C. The Kier molecular flexibility index (Phi) is 6.94. The number of hydrogen-bond donors (Lipinski definition) is 1. The van der Waals surface area contributed by atoms with Gasteiger partial charge in [0.2, 0.25) is 11.8 Å². The third-order valence-corrected chi connectivity index (χ3v) is 3.37. The second-order valence-corrected chi connectivity index (χ2v) is 6.26. The molecule has 2 aliphatic rings. The zero-order valence-corrected chi connectivity index (χ0v) is 14.4. The van der Waals surface area contributed by atoms with Crippen molar-refractivity contribution in [2.75, 3.05) is 6.54 Å². The molecule has 2 fully saturated rings. The number of allylic oxidation sites excluding steroid dienone is 3. The normalized spacial score (nSPS) is 24.8. The maximum Gasteiger partial charge on any atom is 0.254 e. The van der Waals surface area contributed by atoms with E-state index >= 15 is 0 Å². The van der Waals surface area contributed by atoms with E-state index in [1.807, 2.05) is 0 Å². The predicted octanol–water partition coefficient (Wildman–Crippen LogP) is 2.35. The molecular formula is C18H26N2O3. The maximum absolute atomic E-state index is 12.3. The summed E-state index contributed by atoms with van der Waals surface area (Å²) in [6.45, 7) is 12.3. The first kappa shape index (κ1) is 18.9. The number of imide groups is 1. The molecule has 1 atom stereocenters. The van der Waals surface area contributed by atoms with Gasteiger partial charge in [-0.25, -0.2) is 0 Å². The van der Waals surface area contributed by atoms with Gasteiger partial charge in [0, 0.05) is 18.5 Å². The van der Waals surface area contributed by atoms with E-state index in [0.717, 1.165) is 11.5 Å². The highest BCUT2D eigenvalue weighted by Gasteiger charge is 2.40. The van der Waals surface area contributed by atoms with E-state index in [4.69, 9.17) is 0 Å². The minimum atomic E-state index is -0.559. The molecule has 2 saturated heterocycles. The molecule has 3 amide bonds. The lowest BCUT2D eigenvalue weighted by Gasteiger charge is -2.28. The highest BCUT2D eigenvalue weighted by Crippen LogP contribution is 2.27. The van der Waals surface area contributed by atoms with Gasteiger partial charge < -0.3 is 4.90 Å². The number of rotatable bonds is 2. The van der Waals surface area contributed by atoms with Crippen molar-refractivity contribution in [1.82, 2.24) is 10.2 Å². The van der Waals surface area contributed by atoms with Crippen LogP contribution in [0.5, 0.6) is 0 Å². The molecule has 0 aromatic rings. The van der Waals surface area contributed by atoms with Gasteiger partial charge in [-0.3, -0.25) is 19.7 Å². The van der Waals surface area contributed by atoms with Crippen molar-refractivity contribution in [2.45, 2.75) is 46.6 Å². The zero-order valence-electron chi connectivity index (χ0n) is 14.4. The molecule has 0 radical (unpaired) electrons. The Bertz CT molecular complexity index is 556. The van der Waals surface area contributed by atoms with Gasteiger partial charge in [0.25, 0.3) is 5.91 Å². The van der Waals surface area contributed by atoms with Crippen molar-refractivity contribution in [2.24, 2.45) is 5.92 Å². The maximum atomic E-state index is 12.3. The molecule has 5 heteroatoms. The number of nitrogens with zero attached hydrogens (tertiary/aromatic N) is 1. The van der Waals surface area contributed by atoms with Gasteiger partial charge in [0.1, 0.15) is 6.04 Å². The van der Waals surface area contributed by atoms with Gasteiger partial charge in [-0.2, -0.15) is 0 Å². The number of piperidine rings is 1. The fourth-order valence-corrected chi connectivity index (χ4v) is 2.46. The van der Waals surface area contributed by atoms with Crippen LogP contribution in [-0.4, -0.2) is 35.2 Å². The van der Waals surface area contributed by atoms with E-state index in [9.17, 15) is 14.4 Å². The van der Waals surface area contributed by atoms with Crippen LogP contribution >= 0.6 is 0 Å². The summed E-state index contributed by atoms with van der Waals surface area (Å²) >= 11 is 0. The Labute approximate surface area is 138 Å². The fraction of sp³-hybridized carbons (Fsp3) is 0.500. The lowest BCUT2D eigenvalue weighted by molar-refractivity contribution is -0.142. The van der Waals surface area contributed by atoms with Gasteiger partial charge in [-0.1, -0.05) is 45.6 Å². The van der Waals surface area contributed by atoms with Gasteiger partial charge >= 0.3 is 0 Å². The van der Waals surface area contributed by atoms with Crippen LogP contribution in [0, 0.1) is 5.92 Å². The van der Waals surface area contributed by atoms with E-state index in [1.165, 1.54) is 4.90 Å². The summed E-state index contributed by atoms with van der Waals surface area (Å²) in [5, 5.41) is 2.28. The third kappa shape index (κ3) is 4.91. The predicted molar refractivity (Wildman–Crippen MR) is 90.4 cm³/mol. The molecule has 0 spiro atoms. The number of carbonyl (C=O) groups excluding carboxylic acids is 3. The Morgan fingerprint density at radius 1 is 1.26 bits per heavy atom. The first-order valence-corrected chi connectivity index (χ1v) is 7.94. The van der Waals surface area contributed by atoms with Crippen LogP contribution in [0.1, 0.15) is 40.5 Å². The summed E-state index contributed by atoms with van der Waals surface area (Å²) in [6.07, 6.45) is 5.80. The van der Waals surface area contributed by atoms with Gasteiger partial charge in [0.15, 0.2) is 0 Å². The number of amides is 3. The van der Waals surface area contributed by atoms with Gasteiger partial charge in [0.05, 0.1) is 0 Å². The smallest absolute Gasteiger partial charge is 0.254 e. The Morgan fingerprint density at radius 3 is 2.35 bits per heavy atom. The summed E-state index contributed by atoms with van der Waals surface area (Å²) in [4.78, 5) is 36.7. The summed E-state index contributed by atoms with van der Waals surface area (Å²) < 4.78 is 0. The highest BCUT2D eigenvalue weighted by molar-refractivity contribution is 6.06. The van der Waals surface area contributed by atoms with Crippen LogP contribution in [0.25, 0.3) is 0 Å². The molecule has 0 aliphatic carbocycles. The second-order valence-electron chi connectivity index (χ2n) is 6.26. The molecule has 0 aromatic carbocycles. The van der Waals surface area contributed by atoms with E-state index in [1.54, 1.807) is 25.2 Å². The summed E-state index contributed by atoms with van der Waals surface area (Å²) in [7, 11) is 0. The summed E-state index contributed by atoms with van der Waals surface area (Å²) in [5.74, 6) is 0.00557. The molecule has 126 valence electrons. The van der Waals surface area contributed by atoms with Crippen molar-refractivity contribution in [3.63, 3.8) is 0 Å². The van der Waals surface area contributed by atoms with Crippen molar-refractivity contribution < 1.29 is 14.4 Å². The van der Waals surface area contributed by atoms with Crippen molar-refractivity contribution in [1.29, 1.82) is 0 Å². The van der Waals surface area contributed by atoms with E-state index in [2.05, 4.69) is 32.7 Å². The quantitative estimate of drug-likeness (QED) is 0.628. The molecule has 2 heterocycles. The number of hydrogen-bond acceptors (Lipinski definition) is 3. The second kappa shape index (κ2) is 8.46. The van der Waals surface area contributed by atoms with Crippen LogP contribution in [0.4, 0.5) is 0 Å². The molecule has 23 heavy (non-hydrogen) atoms. The Hall–Kier alpha value is -2.17. The van der Waals surface area contributed by atoms with Crippen molar-refractivity contribution >= 4 is 17.7 Å². The highest BCUT2D eigenvalue weighted by atomic mass is 16.2. The van der Waals surface area contributed by atoms with Gasteiger partial charge in [-0.05, 0) is 24.8 Å². The van der Waals surface area contributed by atoms with Gasteiger partial charge in [-0.15, -0.1) is 0 Å². The van der Waals surface area contributed by atoms with E-state index in [0.29, 0.717) is 18.5 Å². The number of nitrogens with one attached hydrogen (secondary N) is 1. The molecule has 1 N–H and O–H groups in total. The summed E-state index contributed by atoms with van der Waals surface area (Å²) in [6, 6.07) is -0.559. The lowest BCUT2D eigenvalue weighted by Crippen LogP contribution is -2.52. The molecule has 0 saturated carbocycles. The molecule has 2 rings (SSSR count). The fourth-order valence-electron chi connectivity index (χ4n) is 2.46. The van der Waals surface area contributed by atoms with Crippen LogP contribution in [-0.2, 0) is 14.4 Å². The lowest BCUT2D eigenvalue weighted by atomic mass is 10.0. The average Bonchev–Trinajstić information content (AvgIpc) is 2.75. The minimum absolute atomic E-state index is 0.162. The number of likely N-dealkylation sites (tertiary alicyclic amines) is 1. The largest absolute Gasteiger partial charge is 0.322 e. The van der Waals surface area contributed by atoms with Crippen LogP contribution < -0.4 is 5.32 Å². The van der Waals surface area contributed by atoms with Crippen LogP contribution in [0.15, 0.2) is 36.0 Å². The standard InChI is InChI=1S/C14H16N2O3.C4H10/c1-3-5-9-8-16(14(19)10(9)4-2)11-6-7-12(17)15-13(11)18;1-4(2)3/h3-5,11H,1,6-8H2,2H3,(H,15,17,18);4H,1-3H3/b9-5-,10-4+;. The number of carbonyl (C=O) groups is 3. The third-order valence-electron chi connectivity index (χ3n) is 3.37. The molecule has 0 bridgehead atoms. The first-order chi connectivity index (χ1) is 10.8. The molecule has 0 aromatic heterocycles. The van der Waals surface area contributed by atoms with Crippen LogP contribution in [0.2, 0.25) is 0 Å². The van der Waals surface area contributed by atoms with Crippen molar-refractivity contribution in [3.05, 3.63) is 36.0 Å². The Balaban J connectivity index is 0.000000593. The van der Waals surface area contributed by atoms with Crippen LogP contribution in [0.3, 0.4) is 0 Å². The average molecular weight is 318 g/mol.